The Labute approximate surface area is 180 Å². The summed E-state index contributed by atoms with van der Waals surface area (Å²) in [4.78, 5) is 34.2. The van der Waals surface area contributed by atoms with Crippen LogP contribution in [0.4, 0.5) is 0 Å². The van der Waals surface area contributed by atoms with Gasteiger partial charge in [0.1, 0.15) is 26.3 Å². The highest BCUT2D eigenvalue weighted by Crippen LogP contribution is 2.18. The number of aromatic nitrogens is 2. The van der Waals surface area contributed by atoms with E-state index in [0.717, 1.165) is 16.9 Å². The second kappa shape index (κ2) is 11.0. The lowest BCUT2D eigenvalue weighted by molar-refractivity contribution is -0.679. The molecule has 28 heavy (non-hydrogen) atoms. The fraction of sp³-hybridized carbons (Fsp3) is 0.474. The number of nitrogens with zero attached hydrogens (tertiary/aromatic N) is 2. The number of rotatable bonds is 8. The molecule has 1 heterocycles. The molecule has 2 rings (SSSR count). The van der Waals surface area contributed by atoms with Crippen molar-refractivity contribution in [1.82, 2.24) is 4.57 Å². The van der Waals surface area contributed by atoms with Crippen LogP contribution in [0.25, 0.3) is 11.0 Å². The Kier molecular flexibility index (Phi) is 9.36. The number of ether oxygens (including phenoxy) is 3. The smallest absolute Gasteiger partial charge is 0.338 e. The lowest BCUT2D eigenvalue weighted by Crippen LogP contribution is -3.00. The van der Waals surface area contributed by atoms with Gasteiger partial charge in [-0.25, -0.2) is 13.9 Å². The summed E-state index contributed by atoms with van der Waals surface area (Å²) in [5.41, 5.74) is 2.14. The molecule has 0 aliphatic carbocycles. The van der Waals surface area contributed by atoms with Crippen molar-refractivity contribution in [2.24, 2.45) is 0 Å². The first-order valence-corrected chi connectivity index (χ1v) is 8.81. The Morgan fingerprint density at radius 3 is 2.29 bits per heavy atom. The molecular formula is C19H25IN2O6. The molecule has 0 radical (unpaired) electrons. The molecule has 0 bridgehead atoms. The Bertz CT molecular complexity index is 862. The first-order chi connectivity index (χ1) is 12.8. The van der Waals surface area contributed by atoms with Crippen LogP contribution in [-0.2, 0) is 36.9 Å². The summed E-state index contributed by atoms with van der Waals surface area (Å²) in [5.74, 6) is -0.183. The number of benzene rings is 1. The van der Waals surface area contributed by atoms with Gasteiger partial charge in [0.05, 0.1) is 12.2 Å². The van der Waals surface area contributed by atoms with Crippen LogP contribution in [0.1, 0.15) is 37.0 Å². The summed E-state index contributed by atoms with van der Waals surface area (Å²) in [5, 5.41) is 0. The van der Waals surface area contributed by atoms with E-state index < -0.39 is 5.97 Å². The number of hydrogen-bond acceptors (Lipinski definition) is 6. The summed E-state index contributed by atoms with van der Waals surface area (Å²) in [6.07, 6.45) is 0. The van der Waals surface area contributed by atoms with E-state index in [-0.39, 0.29) is 49.1 Å². The van der Waals surface area contributed by atoms with Crippen LogP contribution in [0.3, 0.4) is 0 Å². The largest absolute Gasteiger partial charge is 1.00 e. The molecular weight excluding hydrogens is 479 g/mol. The minimum absolute atomic E-state index is 0. The molecule has 0 saturated carbocycles. The van der Waals surface area contributed by atoms with Gasteiger partial charge in [-0.1, -0.05) is 0 Å². The van der Waals surface area contributed by atoms with Crippen molar-refractivity contribution in [3.63, 3.8) is 0 Å². The van der Waals surface area contributed by atoms with Crippen molar-refractivity contribution < 1.29 is 57.1 Å². The molecule has 0 unspecified atom stereocenters. The molecule has 2 aromatic rings. The van der Waals surface area contributed by atoms with Crippen LogP contribution < -0.4 is 28.5 Å². The molecule has 0 aliphatic rings. The van der Waals surface area contributed by atoms with Crippen molar-refractivity contribution in [3.8, 4) is 0 Å². The van der Waals surface area contributed by atoms with E-state index in [0.29, 0.717) is 25.3 Å². The third-order valence-corrected chi connectivity index (χ3v) is 4.09. The fourth-order valence-electron chi connectivity index (χ4n) is 2.93. The Balaban J connectivity index is 0.00000392. The number of fused-ring (bicyclic) bond motifs is 1. The van der Waals surface area contributed by atoms with E-state index >= 15 is 0 Å². The average Bonchev–Trinajstić information content (AvgIpc) is 2.86. The predicted molar refractivity (Wildman–Crippen MR) is 96.1 cm³/mol. The third-order valence-electron chi connectivity index (χ3n) is 4.09. The Hall–Kier alpha value is -2.17. The minimum atomic E-state index is -0.392. The third kappa shape index (κ3) is 5.91. The van der Waals surface area contributed by atoms with Gasteiger partial charge < -0.3 is 38.2 Å². The maximum atomic E-state index is 12.1. The molecule has 1 aromatic carbocycles. The zero-order valence-corrected chi connectivity index (χ0v) is 18.6. The van der Waals surface area contributed by atoms with E-state index in [1.807, 2.05) is 22.1 Å². The van der Waals surface area contributed by atoms with Crippen LogP contribution in [0.5, 0.6) is 0 Å². The highest BCUT2D eigenvalue weighted by molar-refractivity contribution is 5.93. The van der Waals surface area contributed by atoms with E-state index in [4.69, 9.17) is 14.2 Å². The summed E-state index contributed by atoms with van der Waals surface area (Å²) in [6, 6.07) is 5.31. The van der Waals surface area contributed by atoms with Gasteiger partial charge in [-0.05, 0) is 19.1 Å². The van der Waals surface area contributed by atoms with Gasteiger partial charge in [-0.2, -0.15) is 0 Å². The predicted octanol–water partition coefficient (Wildman–Crippen LogP) is -1.46. The summed E-state index contributed by atoms with van der Waals surface area (Å²) in [7, 11) is 0. The number of halogens is 1. The molecule has 9 heteroatoms. The highest BCUT2D eigenvalue weighted by Gasteiger charge is 2.23. The van der Waals surface area contributed by atoms with Gasteiger partial charge in [0.25, 0.3) is 5.82 Å². The lowest BCUT2D eigenvalue weighted by Gasteiger charge is -2.03. The van der Waals surface area contributed by atoms with E-state index in [1.54, 1.807) is 19.1 Å². The van der Waals surface area contributed by atoms with Gasteiger partial charge in [0.2, 0.25) is 0 Å². The van der Waals surface area contributed by atoms with Crippen molar-refractivity contribution in [2.45, 2.75) is 40.8 Å². The minimum Gasteiger partial charge on any atom is -1.00 e. The molecule has 8 nitrogen and oxygen atoms in total. The second-order valence-corrected chi connectivity index (χ2v) is 5.95. The average molecular weight is 504 g/mol. The number of hydrogen-bond donors (Lipinski definition) is 0. The zero-order valence-electron chi connectivity index (χ0n) is 16.5. The van der Waals surface area contributed by atoms with Crippen LogP contribution in [0, 0.1) is 6.92 Å². The van der Waals surface area contributed by atoms with Crippen LogP contribution in [0.2, 0.25) is 0 Å². The van der Waals surface area contributed by atoms with E-state index in [1.165, 1.54) is 13.8 Å². The maximum Gasteiger partial charge on any atom is 0.338 e. The van der Waals surface area contributed by atoms with Gasteiger partial charge in [0, 0.05) is 26.8 Å². The Morgan fingerprint density at radius 1 is 1.04 bits per heavy atom. The molecule has 1 aromatic heterocycles. The molecule has 0 spiro atoms. The van der Waals surface area contributed by atoms with Gasteiger partial charge >= 0.3 is 17.9 Å². The number of carbonyl (C=O) groups excluding carboxylic acids is 3. The monoisotopic (exact) mass is 504 g/mol. The zero-order chi connectivity index (χ0) is 20.0. The fourth-order valence-corrected chi connectivity index (χ4v) is 2.93. The number of imidazole rings is 1. The standard InChI is InChI=1S/C19H25N2O6.HI/c1-5-25-19(24)16-6-7-17-18(12-16)21(9-11-27-15(4)23)13(2)20(17)8-10-26-14(3)22;/h6-7,12H,5,8-11H2,1-4H3;1H/q+1;/p-1. The van der Waals surface area contributed by atoms with Crippen molar-refractivity contribution in [2.75, 3.05) is 19.8 Å². The molecule has 0 amide bonds. The normalized spacial score (nSPS) is 10.3. The summed E-state index contributed by atoms with van der Waals surface area (Å²) in [6.45, 7) is 8.07. The van der Waals surface area contributed by atoms with Crippen molar-refractivity contribution >= 4 is 28.9 Å². The second-order valence-electron chi connectivity index (χ2n) is 5.95. The lowest BCUT2D eigenvalue weighted by atomic mass is 10.2. The first kappa shape index (κ1) is 23.9. The van der Waals surface area contributed by atoms with Crippen LogP contribution in [-0.4, -0.2) is 42.3 Å². The molecule has 154 valence electrons. The molecule has 0 atom stereocenters. The van der Waals surface area contributed by atoms with E-state index in [2.05, 4.69) is 0 Å². The number of esters is 3. The number of carbonyl (C=O) groups is 3. The summed E-state index contributed by atoms with van der Waals surface area (Å²) < 4.78 is 19.2. The van der Waals surface area contributed by atoms with Crippen molar-refractivity contribution in [1.29, 1.82) is 0 Å². The topological polar surface area (TPSA) is 87.7 Å². The SMILES string of the molecule is CCOC(=O)c1ccc2c(c1)n(CCOC(C)=O)c(C)[n+]2CCOC(C)=O.[I-]. The quantitative estimate of drug-likeness (QED) is 0.189. The van der Waals surface area contributed by atoms with Crippen LogP contribution >= 0.6 is 0 Å². The molecule has 0 fully saturated rings. The molecule has 0 N–H and O–H groups in total. The van der Waals surface area contributed by atoms with Gasteiger partial charge in [0.15, 0.2) is 11.0 Å². The maximum absolute atomic E-state index is 12.1. The van der Waals surface area contributed by atoms with Crippen LogP contribution in [0.15, 0.2) is 18.2 Å². The van der Waals surface area contributed by atoms with Gasteiger partial charge in [-0.15, -0.1) is 0 Å². The van der Waals surface area contributed by atoms with Gasteiger partial charge in [-0.3, -0.25) is 9.59 Å². The molecule has 0 saturated heterocycles. The highest BCUT2D eigenvalue weighted by atomic mass is 127. The molecule has 0 aliphatic heterocycles. The van der Waals surface area contributed by atoms with E-state index in [9.17, 15) is 14.4 Å². The van der Waals surface area contributed by atoms with Crippen molar-refractivity contribution in [3.05, 3.63) is 29.6 Å². The first-order valence-electron chi connectivity index (χ1n) is 8.81. The Morgan fingerprint density at radius 2 is 1.68 bits per heavy atom. The summed E-state index contributed by atoms with van der Waals surface area (Å²) >= 11 is 0.